The SMILES string of the molecule is C=C(C)C(=O)OCCOC(=O)C(C)=CC(=O)O. The van der Waals surface area contributed by atoms with Crippen LogP contribution in [0.3, 0.4) is 0 Å². The van der Waals surface area contributed by atoms with Crippen molar-refractivity contribution in [1.82, 2.24) is 0 Å². The molecule has 0 aromatic carbocycles. The zero-order valence-electron chi connectivity index (χ0n) is 9.69. The summed E-state index contributed by atoms with van der Waals surface area (Å²) in [5.74, 6) is -2.56. The minimum Gasteiger partial charge on any atom is -0.478 e. The maximum Gasteiger partial charge on any atom is 0.334 e. The third-order valence-electron chi connectivity index (χ3n) is 1.56. The highest BCUT2D eigenvalue weighted by Gasteiger charge is 2.08. The summed E-state index contributed by atoms with van der Waals surface area (Å²) in [7, 11) is 0. The van der Waals surface area contributed by atoms with E-state index in [0.717, 1.165) is 6.08 Å². The van der Waals surface area contributed by atoms with Gasteiger partial charge in [-0.25, -0.2) is 14.4 Å². The van der Waals surface area contributed by atoms with Crippen molar-refractivity contribution in [2.45, 2.75) is 13.8 Å². The molecule has 0 amide bonds. The van der Waals surface area contributed by atoms with Crippen LogP contribution in [-0.4, -0.2) is 36.2 Å². The van der Waals surface area contributed by atoms with E-state index in [4.69, 9.17) is 5.11 Å². The number of carboxylic acids is 1. The van der Waals surface area contributed by atoms with E-state index in [-0.39, 0.29) is 24.4 Å². The summed E-state index contributed by atoms with van der Waals surface area (Å²) in [6.07, 6.45) is 0.738. The molecule has 0 aromatic heterocycles. The third kappa shape index (κ3) is 6.88. The van der Waals surface area contributed by atoms with Gasteiger partial charge in [0, 0.05) is 17.2 Å². The molecule has 0 aromatic rings. The highest BCUT2D eigenvalue weighted by atomic mass is 16.6. The van der Waals surface area contributed by atoms with Crippen LogP contribution in [0.2, 0.25) is 0 Å². The summed E-state index contributed by atoms with van der Waals surface area (Å²) >= 11 is 0. The molecule has 0 radical (unpaired) electrons. The normalized spacial score (nSPS) is 10.6. The van der Waals surface area contributed by atoms with Crippen LogP contribution < -0.4 is 0 Å². The van der Waals surface area contributed by atoms with Gasteiger partial charge >= 0.3 is 17.9 Å². The second-order valence-corrected chi connectivity index (χ2v) is 3.22. The van der Waals surface area contributed by atoms with E-state index in [1.807, 2.05) is 0 Å². The number of hydrogen-bond donors (Lipinski definition) is 1. The van der Waals surface area contributed by atoms with Crippen LogP contribution in [0, 0.1) is 0 Å². The molecule has 6 nitrogen and oxygen atoms in total. The number of carboxylic acid groups (broad SMARTS) is 1. The van der Waals surface area contributed by atoms with Crippen molar-refractivity contribution >= 4 is 17.9 Å². The molecular formula is C11H14O6. The predicted octanol–water partition coefficient (Wildman–Crippen LogP) is 0.680. The average molecular weight is 242 g/mol. The zero-order valence-corrected chi connectivity index (χ0v) is 9.69. The molecule has 1 N–H and O–H groups in total. The highest BCUT2D eigenvalue weighted by molar-refractivity contribution is 5.95. The van der Waals surface area contributed by atoms with E-state index in [1.54, 1.807) is 0 Å². The Labute approximate surface area is 98.5 Å². The second kappa shape index (κ2) is 7.21. The molecule has 6 heteroatoms. The maximum absolute atomic E-state index is 11.1. The fraction of sp³-hybridized carbons (Fsp3) is 0.364. The van der Waals surface area contributed by atoms with Gasteiger partial charge in [0.05, 0.1) is 0 Å². The van der Waals surface area contributed by atoms with Crippen LogP contribution in [0.1, 0.15) is 13.8 Å². The van der Waals surface area contributed by atoms with Gasteiger partial charge in [0.1, 0.15) is 13.2 Å². The van der Waals surface area contributed by atoms with Crippen LogP contribution in [0.5, 0.6) is 0 Å². The maximum atomic E-state index is 11.1. The number of rotatable bonds is 6. The molecule has 0 heterocycles. The first-order valence-electron chi connectivity index (χ1n) is 4.75. The van der Waals surface area contributed by atoms with Gasteiger partial charge in [-0.05, 0) is 13.8 Å². The minimum absolute atomic E-state index is 0.0382. The van der Waals surface area contributed by atoms with Crippen molar-refractivity contribution in [3.63, 3.8) is 0 Å². The molecule has 0 bridgehead atoms. The minimum atomic E-state index is -1.23. The van der Waals surface area contributed by atoms with Crippen molar-refractivity contribution in [2.75, 3.05) is 13.2 Å². The van der Waals surface area contributed by atoms with Gasteiger partial charge in [0.15, 0.2) is 0 Å². The Morgan fingerprint density at radius 3 is 2.00 bits per heavy atom. The first-order valence-corrected chi connectivity index (χ1v) is 4.75. The first kappa shape index (κ1) is 14.9. The number of carbonyl (C=O) groups excluding carboxylic acids is 2. The van der Waals surface area contributed by atoms with Crippen molar-refractivity contribution in [3.8, 4) is 0 Å². The Bertz CT molecular complexity index is 366. The topological polar surface area (TPSA) is 89.9 Å². The largest absolute Gasteiger partial charge is 0.478 e. The van der Waals surface area contributed by atoms with Crippen LogP contribution >= 0.6 is 0 Å². The van der Waals surface area contributed by atoms with Gasteiger partial charge in [-0.1, -0.05) is 6.58 Å². The Morgan fingerprint density at radius 1 is 1.12 bits per heavy atom. The fourth-order valence-electron chi connectivity index (χ4n) is 0.750. The molecule has 17 heavy (non-hydrogen) atoms. The molecule has 0 spiro atoms. The molecule has 0 aliphatic carbocycles. The number of carbonyl (C=O) groups is 3. The van der Waals surface area contributed by atoms with Crippen molar-refractivity contribution < 1.29 is 29.0 Å². The molecule has 0 rings (SSSR count). The lowest BCUT2D eigenvalue weighted by Gasteiger charge is -2.05. The van der Waals surface area contributed by atoms with E-state index in [9.17, 15) is 14.4 Å². The summed E-state index contributed by atoms with van der Waals surface area (Å²) in [5, 5.41) is 8.38. The van der Waals surface area contributed by atoms with E-state index < -0.39 is 17.9 Å². The summed E-state index contributed by atoms with van der Waals surface area (Å²) in [4.78, 5) is 32.3. The number of aliphatic carboxylic acids is 1. The Balaban J connectivity index is 3.91. The molecular weight excluding hydrogens is 228 g/mol. The van der Waals surface area contributed by atoms with Gasteiger partial charge < -0.3 is 14.6 Å². The second-order valence-electron chi connectivity index (χ2n) is 3.22. The van der Waals surface area contributed by atoms with Crippen LogP contribution in [-0.2, 0) is 23.9 Å². The predicted molar refractivity (Wildman–Crippen MR) is 58.1 cm³/mol. The van der Waals surface area contributed by atoms with Gasteiger partial charge in [-0.2, -0.15) is 0 Å². The monoisotopic (exact) mass is 242 g/mol. The lowest BCUT2D eigenvalue weighted by Crippen LogP contribution is -2.15. The fourth-order valence-corrected chi connectivity index (χ4v) is 0.750. The Morgan fingerprint density at radius 2 is 1.59 bits per heavy atom. The first-order chi connectivity index (χ1) is 7.84. The van der Waals surface area contributed by atoms with Crippen molar-refractivity contribution in [3.05, 3.63) is 23.8 Å². The van der Waals surface area contributed by atoms with E-state index in [1.165, 1.54) is 13.8 Å². The molecule has 0 aliphatic heterocycles. The van der Waals surface area contributed by atoms with Crippen molar-refractivity contribution in [2.24, 2.45) is 0 Å². The van der Waals surface area contributed by atoms with E-state index in [2.05, 4.69) is 16.1 Å². The quantitative estimate of drug-likeness (QED) is 0.418. The summed E-state index contributed by atoms with van der Waals surface area (Å²) in [6, 6.07) is 0. The number of hydrogen-bond acceptors (Lipinski definition) is 5. The third-order valence-corrected chi connectivity index (χ3v) is 1.56. The molecule has 94 valence electrons. The Hall–Kier alpha value is -2.11. The lowest BCUT2D eigenvalue weighted by atomic mass is 10.3. The van der Waals surface area contributed by atoms with Crippen LogP contribution in [0.25, 0.3) is 0 Å². The molecule has 0 fully saturated rings. The summed E-state index contributed by atoms with van der Waals surface area (Å²) < 4.78 is 9.32. The highest BCUT2D eigenvalue weighted by Crippen LogP contribution is 1.97. The zero-order chi connectivity index (χ0) is 13.4. The standard InChI is InChI=1S/C11H14O6/c1-7(2)10(14)16-4-5-17-11(15)8(3)6-9(12)13/h6H,1,4-5H2,2-3H3,(H,12,13). The summed E-state index contributed by atoms with van der Waals surface area (Å²) in [5.41, 5.74) is 0.210. The van der Waals surface area contributed by atoms with Crippen LogP contribution in [0.4, 0.5) is 0 Å². The van der Waals surface area contributed by atoms with E-state index >= 15 is 0 Å². The van der Waals surface area contributed by atoms with Gasteiger partial charge in [-0.3, -0.25) is 0 Å². The molecule has 0 aliphatic rings. The number of esters is 2. The van der Waals surface area contributed by atoms with E-state index in [0.29, 0.717) is 0 Å². The molecule has 0 atom stereocenters. The molecule has 0 saturated carbocycles. The van der Waals surface area contributed by atoms with Gasteiger partial charge in [-0.15, -0.1) is 0 Å². The van der Waals surface area contributed by atoms with Crippen molar-refractivity contribution in [1.29, 1.82) is 0 Å². The lowest BCUT2D eigenvalue weighted by molar-refractivity contribution is -0.147. The number of ether oxygens (including phenoxy) is 2. The van der Waals surface area contributed by atoms with Gasteiger partial charge in [0.2, 0.25) is 0 Å². The smallest absolute Gasteiger partial charge is 0.334 e. The van der Waals surface area contributed by atoms with Crippen LogP contribution in [0.15, 0.2) is 23.8 Å². The average Bonchev–Trinajstić information content (AvgIpc) is 2.22. The summed E-state index contributed by atoms with van der Waals surface area (Å²) in [6.45, 7) is 5.95. The Kier molecular flexibility index (Phi) is 6.32. The van der Waals surface area contributed by atoms with Gasteiger partial charge in [0.25, 0.3) is 0 Å². The molecule has 0 unspecified atom stereocenters. The molecule has 0 saturated heterocycles.